The van der Waals surface area contributed by atoms with Crippen LogP contribution in [0.2, 0.25) is 0 Å². The molecule has 0 unspecified atom stereocenters. The molecule has 1 aromatic heterocycles. The molecule has 21 heteroatoms. The monoisotopic (exact) mass is 693 g/mol. The van der Waals surface area contributed by atoms with Crippen molar-refractivity contribution >= 4 is 85.1 Å². The van der Waals surface area contributed by atoms with Gasteiger partial charge in [0, 0.05) is 19.9 Å². The molecule has 1 aliphatic rings. The Hall–Kier alpha value is -2.13. The summed E-state index contributed by atoms with van der Waals surface area (Å²) >= 11 is 22.5. The van der Waals surface area contributed by atoms with Crippen LogP contribution in [0.1, 0.15) is 51.7 Å². The summed E-state index contributed by atoms with van der Waals surface area (Å²) < 4.78 is 94.7. The number of halogens is 10. The quantitative estimate of drug-likeness (QED) is 0.142. The second-order valence-electron chi connectivity index (χ2n) is 6.16. The fourth-order valence-corrected chi connectivity index (χ4v) is 2.36. The Balaban J connectivity index is -0.0000000837. The van der Waals surface area contributed by atoms with Crippen molar-refractivity contribution in [1.29, 1.82) is 0 Å². The van der Waals surface area contributed by atoms with Crippen molar-refractivity contribution < 1.29 is 57.7 Å². The summed E-state index contributed by atoms with van der Waals surface area (Å²) in [6.45, 7) is 3.25. The number of aromatic nitrogens is 1. The first-order chi connectivity index (χ1) is 20.1. The van der Waals surface area contributed by atoms with E-state index in [1.165, 1.54) is 6.07 Å². The fourth-order valence-electron chi connectivity index (χ4n) is 2.36. The molecule has 0 bridgehead atoms. The van der Waals surface area contributed by atoms with Crippen molar-refractivity contribution in [2.24, 2.45) is 4.30 Å². The number of carbonyl (C=O) groups is 1. The number of thiol groups is 1. The number of aromatic amines is 1. The van der Waals surface area contributed by atoms with Crippen molar-refractivity contribution in [3.8, 4) is 0 Å². The number of hydrogen-bond donors (Lipinski definition) is 3. The van der Waals surface area contributed by atoms with Crippen LogP contribution in [0.4, 0.5) is 26.3 Å². The van der Waals surface area contributed by atoms with Crippen LogP contribution in [0.25, 0.3) is 0 Å². The van der Waals surface area contributed by atoms with Gasteiger partial charge in [-0.05, 0) is 30.4 Å². The van der Waals surface area contributed by atoms with Crippen molar-refractivity contribution in [3.63, 3.8) is 0 Å². The van der Waals surface area contributed by atoms with Crippen LogP contribution in [-0.4, -0.2) is 40.3 Å². The van der Waals surface area contributed by atoms with Crippen LogP contribution in [0.15, 0.2) is 32.5 Å². The summed E-state index contributed by atoms with van der Waals surface area (Å²) in [4.78, 5) is 55.7. The zero-order valence-corrected chi connectivity index (χ0v) is 24.1. The summed E-state index contributed by atoms with van der Waals surface area (Å²) in [5.41, 5.74) is -2.14. The molecule has 0 fully saturated rings. The van der Waals surface area contributed by atoms with E-state index in [-0.39, 0.29) is 44.1 Å². The number of carbonyl (C=O) groups excluding carboxylic acids is 5. The van der Waals surface area contributed by atoms with Gasteiger partial charge in [-0.15, -0.1) is 0 Å². The topological polar surface area (TPSA) is 143 Å². The first kappa shape index (κ1) is 40.0. The third-order valence-corrected chi connectivity index (χ3v) is 3.65. The van der Waals surface area contributed by atoms with Crippen molar-refractivity contribution in [2.75, 3.05) is 0 Å². The van der Waals surface area contributed by atoms with Gasteiger partial charge in [-0.2, -0.15) is 45.5 Å². The van der Waals surface area contributed by atoms with E-state index in [0.29, 0.717) is 6.42 Å². The van der Waals surface area contributed by atoms with Gasteiger partial charge < -0.3 is 10.3 Å². The van der Waals surface area contributed by atoms with Gasteiger partial charge in [0.1, 0.15) is 11.4 Å². The van der Waals surface area contributed by atoms with E-state index in [4.69, 9.17) is 71.5 Å². The predicted molar refractivity (Wildman–Crippen MR) is 142 cm³/mol. The first-order valence-electron chi connectivity index (χ1n) is 11.8. The number of hydrogen-bond acceptors (Lipinski definition) is 8. The van der Waals surface area contributed by atoms with Crippen LogP contribution in [0.5, 0.6) is 0 Å². The average molecular weight is 695 g/mol. The minimum absolute atomic E-state index is 0. The number of nitrogens with one attached hydrogen (secondary N) is 2. The van der Waals surface area contributed by atoms with Crippen LogP contribution in [0.3, 0.4) is 0 Å². The molecule has 40 heavy (non-hydrogen) atoms. The summed E-state index contributed by atoms with van der Waals surface area (Å²) in [6.07, 6.45) is -7.46. The van der Waals surface area contributed by atoms with Gasteiger partial charge in [0.25, 0.3) is 3.25 Å². The van der Waals surface area contributed by atoms with Crippen LogP contribution < -0.4 is 10.9 Å². The standard InChI is InChI=1S/C8H10F3NO.C8H8F3NO.CCl4.2CO2.BHNS.3H2/c2*1-2-5-3-4-6(13)12-7(5)8(9,10)11;2-1(3,4)5;2*2-1-3;1-2-3;;;/h2-4H2,1H3,(H,12,13);3-4H,2H2,1H3,(H,12,13);;;;3H;3*1H/i;;;;;;2*1+1D;1+1. The Morgan fingerprint density at radius 2 is 1.35 bits per heavy atom. The van der Waals surface area contributed by atoms with Crippen LogP contribution in [-0.2, 0) is 36.6 Å². The molecule has 0 saturated carbocycles. The zero-order valence-electron chi connectivity index (χ0n) is 24.2. The normalized spacial score (nSPS) is 12.6. The molecule has 231 valence electrons. The average Bonchev–Trinajstić information content (AvgIpc) is 2.91. The van der Waals surface area contributed by atoms with Gasteiger partial charge in [-0.3, -0.25) is 9.59 Å². The number of pyridine rings is 1. The number of rotatable bonds is 2. The molecule has 0 saturated heterocycles. The number of nitrogens with zero attached hydrogens (tertiary/aromatic N) is 1. The second kappa shape index (κ2) is 23.6. The second-order valence-corrected chi connectivity index (χ2v) is 9.82. The fraction of sp³-hybridized carbons (Fsp3) is 0.474. The molecule has 2 rings (SSSR count). The Morgan fingerprint density at radius 3 is 1.65 bits per heavy atom. The molecule has 2 heterocycles. The number of aryl methyl sites for hydroxylation is 1. The van der Waals surface area contributed by atoms with Crippen LogP contribution in [0, 0.1) is 0 Å². The molecule has 1 aliphatic heterocycles. The molecule has 9 nitrogen and oxygen atoms in total. The first-order valence-corrected chi connectivity index (χ1v) is 11.7. The van der Waals surface area contributed by atoms with E-state index in [9.17, 15) is 35.9 Å². The molecule has 0 aromatic carbocycles. The SMILES string of the molecule is CCC1=C(C(F)(F)F)NC(=O)CC1.CCc1ccc(=O)[nH]c1C(F)(F)F.ClC(Cl)(Cl)Cl.O=C=O.O=C=O.[2HH].[2H][2H].[2H][2H].[B]=NS. The Morgan fingerprint density at radius 1 is 0.950 bits per heavy atom. The molecule has 1 radical (unpaired) electrons. The third kappa shape index (κ3) is 27.4. The van der Waals surface area contributed by atoms with Crippen molar-refractivity contribution in [1.82, 2.24) is 10.3 Å². The Kier molecular flexibility index (Phi) is 23.6. The third-order valence-electron chi connectivity index (χ3n) is 3.65. The number of allylic oxidation sites excluding steroid dienone is 2. The van der Waals surface area contributed by atoms with Crippen LogP contribution >= 0.6 is 59.2 Å². The molecule has 1 amide bonds. The van der Waals surface area contributed by atoms with Gasteiger partial charge in [0.2, 0.25) is 11.5 Å². The van der Waals surface area contributed by atoms with Gasteiger partial charge in [-0.25, -0.2) is 0 Å². The minimum atomic E-state index is -4.48. The van der Waals surface area contributed by atoms with Gasteiger partial charge in [-0.1, -0.05) is 66.3 Å². The predicted octanol–water partition coefficient (Wildman–Crippen LogP) is 6.39. The summed E-state index contributed by atoms with van der Waals surface area (Å²) in [5.74, 6) is -0.551. The Bertz CT molecular complexity index is 1070. The maximum absolute atomic E-state index is 12.3. The molecule has 0 atom stereocenters. The van der Waals surface area contributed by atoms with E-state index < -0.39 is 38.5 Å². The molecule has 2 N–H and O–H groups in total. The van der Waals surface area contributed by atoms with Crippen molar-refractivity contribution in [2.45, 2.75) is 55.1 Å². The number of amides is 1. The molecular formula is C19H25BCl4F6N3O6S. The molecule has 0 aliphatic carbocycles. The summed E-state index contributed by atoms with van der Waals surface area (Å²) in [7, 11) is 4.34. The van der Waals surface area contributed by atoms with Gasteiger partial charge in [0.05, 0.1) is 0 Å². The number of H-pyrrole nitrogens is 1. The van der Waals surface area contributed by atoms with E-state index in [2.05, 4.69) is 24.8 Å². The van der Waals surface area contributed by atoms with Gasteiger partial charge >= 0.3 is 49.4 Å². The molecule has 1 aromatic rings. The molecule has 0 spiro atoms. The zero-order chi connectivity index (χ0) is 36.7. The van der Waals surface area contributed by atoms with Gasteiger partial charge in [0.15, 0.2) is 0 Å². The van der Waals surface area contributed by atoms with E-state index >= 15 is 0 Å². The molecular weight excluding hydrogens is 665 g/mol. The summed E-state index contributed by atoms with van der Waals surface area (Å²) in [6, 6.07) is 2.29. The van der Waals surface area contributed by atoms with E-state index in [1.54, 1.807) is 18.8 Å². The summed E-state index contributed by atoms with van der Waals surface area (Å²) in [5, 5.41) is 1.87. The van der Waals surface area contributed by atoms with E-state index in [0.717, 1.165) is 6.07 Å². The Labute approximate surface area is 257 Å². The maximum atomic E-state index is 12.3. The van der Waals surface area contributed by atoms with E-state index in [1.807, 2.05) is 5.32 Å². The number of alkyl halides is 10. The van der Waals surface area contributed by atoms with Crippen molar-refractivity contribution in [3.05, 3.63) is 45.0 Å².